The van der Waals surface area contributed by atoms with Gasteiger partial charge in [-0.25, -0.2) is 4.68 Å². The van der Waals surface area contributed by atoms with Crippen molar-refractivity contribution >= 4 is 17.0 Å². The Morgan fingerprint density at radius 3 is 2.65 bits per heavy atom. The van der Waals surface area contributed by atoms with Crippen LogP contribution >= 0.6 is 0 Å². The zero-order valence-corrected chi connectivity index (χ0v) is 12.9. The number of fused-ring (bicyclic) bond motifs is 1. The van der Waals surface area contributed by atoms with E-state index >= 15 is 0 Å². The van der Waals surface area contributed by atoms with Crippen LogP contribution in [0.4, 0.5) is 5.95 Å². The Labute approximate surface area is 133 Å². The minimum atomic E-state index is -0.116. The Morgan fingerprint density at radius 1 is 1.09 bits per heavy atom. The van der Waals surface area contributed by atoms with E-state index in [1.807, 2.05) is 30.3 Å². The maximum atomic E-state index is 12.3. The van der Waals surface area contributed by atoms with Crippen molar-refractivity contribution in [1.29, 1.82) is 0 Å². The van der Waals surface area contributed by atoms with Gasteiger partial charge in [-0.3, -0.25) is 9.78 Å². The number of aromatic amines is 1. The first-order valence-corrected chi connectivity index (χ1v) is 8.06. The summed E-state index contributed by atoms with van der Waals surface area (Å²) in [4.78, 5) is 22.1. The largest absolute Gasteiger partial charge is 0.342 e. The molecule has 0 unspecified atom stereocenters. The average molecular weight is 309 g/mol. The molecular formula is C17H19N5O. The molecule has 1 aliphatic rings. The van der Waals surface area contributed by atoms with Crippen LogP contribution in [0, 0.1) is 0 Å². The molecular weight excluding hydrogens is 290 g/mol. The number of hydrogen-bond donors (Lipinski definition) is 1. The van der Waals surface area contributed by atoms with Gasteiger partial charge in [0, 0.05) is 13.1 Å². The number of nitrogens with zero attached hydrogens (tertiary/aromatic N) is 4. The molecule has 0 radical (unpaired) electrons. The first-order chi connectivity index (χ1) is 11.3. The number of hydrogen-bond acceptors (Lipinski definition) is 4. The molecule has 3 heterocycles. The molecule has 3 aromatic rings. The summed E-state index contributed by atoms with van der Waals surface area (Å²) in [5, 5.41) is 4.90. The quantitative estimate of drug-likeness (QED) is 0.805. The van der Waals surface area contributed by atoms with Gasteiger partial charge in [0.05, 0.1) is 12.7 Å². The van der Waals surface area contributed by atoms with Gasteiger partial charge in [-0.05, 0) is 24.8 Å². The average Bonchev–Trinajstić information content (AvgIpc) is 3.00. The van der Waals surface area contributed by atoms with E-state index in [9.17, 15) is 4.79 Å². The van der Waals surface area contributed by atoms with E-state index in [0.29, 0.717) is 23.5 Å². The summed E-state index contributed by atoms with van der Waals surface area (Å²) in [5.74, 6) is 0.664. The monoisotopic (exact) mass is 309 g/mol. The van der Waals surface area contributed by atoms with Gasteiger partial charge in [0.2, 0.25) is 5.95 Å². The van der Waals surface area contributed by atoms with Crippen LogP contribution in [0.25, 0.3) is 11.0 Å². The molecule has 1 fully saturated rings. The number of rotatable bonds is 3. The number of benzene rings is 1. The number of nitrogens with one attached hydrogen (secondary N) is 1. The molecule has 23 heavy (non-hydrogen) atoms. The molecule has 1 N–H and O–H groups in total. The number of aromatic nitrogens is 4. The summed E-state index contributed by atoms with van der Waals surface area (Å²) in [6, 6.07) is 10.1. The lowest BCUT2D eigenvalue weighted by molar-refractivity contribution is 0.567. The second kappa shape index (κ2) is 5.87. The Balaban J connectivity index is 1.74. The summed E-state index contributed by atoms with van der Waals surface area (Å²) in [7, 11) is 0. The molecule has 0 aliphatic carbocycles. The van der Waals surface area contributed by atoms with Gasteiger partial charge in [0.15, 0.2) is 5.65 Å². The van der Waals surface area contributed by atoms with E-state index in [0.717, 1.165) is 31.5 Å². The van der Waals surface area contributed by atoms with Crippen LogP contribution in [0.2, 0.25) is 0 Å². The molecule has 0 atom stereocenters. The third-order valence-electron chi connectivity index (χ3n) is 4.32. The fourth-order valence-corrected chi connectivity index (χ4v) is 3.08. The fourth-order valence-electron chi connectivity index (χ4n) is 3.08. The first kappa shape index (κ1) is 14.0. The summed E-state index contributed by atoms with van der Waals surface area (Å²) in [6.45, 7) is 2.50. The highest BCUT2D eigenvalue weighted by molar-refractivity contribution is 5.74. The summed E-state index contributed by atoms with van der Waals surface area (Å²) < 4.78 is 1.80. The fraction of sp³-hybridized carbons (Fsp3) is 0.353. The van der Waals surface area contributed by atoms with E-state index in [4.69, 9.17) is 0 Å². The maximum Gasteiger partial charge on any atom is 0.263 e. The summed E-state index contributed by atoms with van der Waals surface area (Å²) >= 11 is 0. The van der Waals surface area contributed by atoms with E-state index in [2.05, 4.69) is 20.0 Å². The van der Waals surface area contributed by atoms with Crippen LogP contribution in [-0.2, 0) is 6.54 Å². The smallest absolute Gasteiger partial charge is 0.263 e. The topological polar surface area (TPSA) is 66.8 Å². The predicted octanol–water partition coefficient (Wildman–Crippen LogP) is 2.16. The zero-order valence-electron chi connectivity index (χ0n) is 12.9. The van der Waals surface area contributed by atoms with Crippen molar-refractivity contribution in [2.75, 3.05) is 18.0 Å². The van der Waals surface area contributed by atoms with E-state index < -0.39 is 0 Å². The normalized spacial score (nSPS) is 15.2. The van der Waals surface area contributed by atoms with Crippen LogP contribution in [0.5, 0.6) is 0 Å². The van der Waals surface area contributed by atoms with Gasteiger partial charge >= 0.3 is 0 Å². The highest BCUT2D eigenvalue weighted by atomic mass is 16.1. The first-order valence-electron chi connectivity index (χ1n) is 8.06. The molecule has 6 heteroatoms. The van der Waals surface area contributed by atoms with Crippen LogP contribution in [0.15, 0.2) is 41.3 Å². The highest BCUT2D eigenvalue weighted by Gasteiger charge is 2.16. The Bertz CT molecular complexity index is 862. The van der Waals surface area contributed by atoms with E-state index in [1.165, 1.54) is 6.42 Å². The van der Waals surface area contributed by atoms with Crippen molar-refractivity contribution in [3.63, 3.8) is 0 Å². The number of piperidine rings is 1. The molecule has 0 spiro atoms. The maximum absolute atomic E-state index is 12.3. The van der Waals surface area contributed by atoms with Gasteiger partial charge < -0.3 is 4.90 Å². The van der Waals surface area contributed by atoms with Crippen molar-refractivity contribution in [3.05, 3.63) is 52.4 Å². The Hall–Kier alpha value is -2.63. The minimum Gasteiger partial charge on any atom is -0.342 e. The van der Waals surface area contributed by atoms with Gasteiger partial charge in [-0.2, -0.15) is 10.1 Å². The highest BCUT2D eigenvalue weighted by Crippen LogP contribution is 2.17. The van der Waals surface area contributed by atoms with E-state index in [1.54, 1.807) is 10.9 Å². The minimum absolute atomic E-state index is 0.116. The lowest BCUT2D eigenvalue weighted by Crippen LogP contribution is -2.32. The van der Waals surface area contributed by atoms with Crippen molar-refractivity contribution in [2.24, 2.45) is 0 Å². The molecule has 0 saturated carbocycles. The van der Waals surface area contributed by atoms with Gasteiger partial charge in [0.1, 0.15) is 5.39 Å². The van der Waals surface area contributed by atoms with Gasteiger partial charge in [-0.15, -0.1) is 0 Å². The van der Waals surface area contributed by atoms with Crippen LogP contribution in [0.1, 0.15) is 24.8 Å². The van der Waals surface area contributed by atoms with Gasteiger partial charge in [-0.1, -0.05) is 30.3 Å². The second-order valence-electron chi connectivity index (χ2n) is 5.96. The summed E-state index contributed by atoms with van der Waals surface area (Å²) in [5.41, 5.74) is 1.67. The molecule has 1 aliphatic heterocycles. The van der Waals surface area contributed by atoms with Crippen LogP contribution in [-0.4, -0.2) is 32.8 Å². The second-order valence-corrected chi connectivity index (χ2v) is 5.96. The Kier molecular flexibility index (Phi) is 3.57. The van der Waals surface area contributed by atoms with Crippen molar-refractivity contribution in [1.82, 2.24) is 19.7 Å². The van der Waals surface area contributed by atoms with Gasteiger partial charge in [0.25, 0.3) is 5.56 Å². The molecule has 1 saturated heterocycles. The molecule has 1 aromatic carbocycles. The van der Waals surface area contributed by atoms with Crippen molar-refractivity contribution in [3.8, 4) is 0 Å². The lowest BCUT2D eigenvalue weighted by Gasteiger charge is -2.26. The van der Waals surface area contributed by atoms with Crippen LogP contribution < -0.4 is 10.5 Å². The number of anilines is 1. The molecule has 6 nitrogen and oxygen atoms in total. The molecule has 0 amide bonds. The zero-order chi connectivity index (χ0) is 15.6. The molecule has 4 rings (SSSR count). The molecule has 118 valence electrons. The predicted molar refractivity (Wildman–Crippen MR) is 89.8 cm³/mol. The van der Waals surface area contributed by atoms with E-state index in [-0.39, 0.29) is 5.56 Å². The molecule has 2 aromatic heterocycles. The standard InChI is InChI=1S/C17H19N5O/c23-16-14-11-18-22(12-13-7-3-1-4-8-13)15(14)19-17(20-16)21-9-5-2-6-10-21/h1,3-4,7-8,11H,2,5-6,9-10,12H2,(H,19,20,23). The molecule has 0 bridgehead atoms. The third kappa shape index (κ3) is 2.72. The Morgan fingerprint density at radius 2 is 1.87 bits per heavy atom. The number of H-pyrrole nitrogens is 1. The summed E-state index contributed by atoms with van der Waals surface area (Å²) in [6.07, 6.45) is 5.13. The van der Waals surface area contributed by atoms with Crippen LogP contribution in [0.3, 0.4) is 0 Å². The van der Waals surface area contributed by atoms with Crippen molar-refractivity contribution < 1.29 is 0 Å². The lowest BCUT2D eigenvalue weighted by atomic mass is 10.1. The third-order valence-corrected chi connectivity index (χ3v) is 4.32. The SMILES string of the molecule is O=c1[nH]c(N2CCCCC2)nc2c1cnn2Cc1ccccc1. The van der Waals surface area contributed by atoms with Crippen molar-refractivity contribution in [2.45, 2.75) is 25.8 Å².